The maximum Gasteiger partial charge on any atom is 0.234 e. The molecular formula is C19H20N6O2. The maximum atomic E-state index is 12.7. The number of hydrogen-bond acceptors (Lipinski definition) is 6. The van der Waals surface area contributed by atoms with Gasteiger partial charge in [0.05, 0.1) is 11.7 Å². The van der Waals surface area contributed by atoms with Gasteiger partial charge >= 0.3 is 0 Å². The number of piperidine rings is 1. The second kappa shape index (κ2) is 6.76. The molecule has 0 saturated carbocycles. The van der Waals surface area contributed by atoms with Crippen molar-refractivity contribution in [2.45, 2.75) is 26.7 Å². The van der Waals surface area contributed by atoms with E-state index in [1.165, 1.54) is 0 Å². The van der Waals surface area contributed by atoms with E-state index in [1.54, 1.807) is 13.1 Å². The molecule has 2 N–H and O–H groups in total. The lowest BCUT2D eigenvalue weighted by molar-refractivity contribution is -0.120. The van der Waals surface area contributed by atoms with Crippen LogP contribution in [0, 0.1) is 31.1 Å². The van der Waals surface area contributed by atoms with Gasteiger partial charge in [0, 0.05) is 37.0 Å². The minimum atomic E-state index is -0.0754. The van der Waals surface area contributed by atoms with Crippen LogP contribution >= 0.6 is 0 Å². The number of amides is 1. The molecule has 0 bridgehead atoms. The molecule has 3 aromatic rings. The lowest BCUT2D eigenvalue weighted by atomic mass is 9.95. The largest absolute Gasteiger partial charge is 0.424 e. The fourth-order valence-corrected chi connectivity index (χ4v) is 3.59. The van der Waals surface area contributed by atoms with Gasteiger partial charge in [-0.05, 0) is 37.5 Å². The number of aryl methyl sites for hydroxylation is 2. The number of aromatic nitrogens is 3. The summed E-state index contributed by atoms with van der Waals surface area (Å²) in [5.74, 6) is 0.927. The number of H-pyrrole nitrogens is 1. The van der Waals surface area contributed by atoms with Crippen molar-refractivity contribution in [2.24, 2.45) is 5.92 Å². The number of nitrogens with zero attached hydrogens (tertiary/aromatic N) is 4. The van der Waals surface area contributed by atoms with E-state index in [2.05, 4.69) is 26.6 Å². The van der Waals surface area contributed by atoms with E-state index in [4.69, 9.17) is 4.42 Å². The molecule has 0 atom stereocenters. The quantitative estimate of drug-likeness (QED) is 0.739. The van der Waals surface area contributed by atoms with Crippen LogP contribution in [0.25, 0.3) is 10.9 Å². The van der Waals surface area contributed by atoms with Gasteiger partial charge in [-0.3, -0.25) is 9.89 Å². The van der Waals surface area contributed by atoms with E-state index in [9.17, 15) is 10.1 Å². The van der Waals surface area contributed by atoms with Crippen LogP contribution in [0.1, 0.15) is 30.0 Å². The average Bonchev–Trinajstić information content (AvgIpc) is 3.28. The highest BCUT2D eigenvalue weighted by Crippen LogP contribution is 2.28. The zero-order valence-electron chi connectivity index (χ0n) is 15.2. The number of benzene rings is 1. The van der Waals surface area contributed by atoms with Gasteiger partial charge in [-0.2, -0.15) is 10.4 Å². The van der Waals surface area contributed by atoms with Crippen LogP contribution in [-0.4, -0.2) is 34.2 Å². The number of carbonyl (C=O) groups is 1. The van der Waals surface area contributed by atoms with E-state index in [1.807, 2.05) is 24.0 Å². The smallest absolute Gasteiger partial charge is 0.234 e. The van der Waals surface area contributed by atoms with Gasteiger partial charge in [-0.25, -0.2) is 4.98 Å². The normalized spacial score (nSPS) is 15.1. The Morgan fingerprint density at radius 2 is 2.15 bits per heavy atom. The third-order valence-corrected chi connectivity index (χ3v) is 5.01. The van der Waals surface area contributed by atoms with E-state index in [0.29, 0.717) is 43.4 Å². The Morgan fingerprint density at radius 3 is 2.89 bits per heavy atom. The van der Waals surface area contributed by atoms with Crippen LogP contribution in [0.5, 0.6) is 0 Å². The number of aromatic amines is 1. The van der Waals surface area contributed by atoms with E-state index >= 15 is 0 Å². The number of nitriles is 1. The summed E-state index contributed by atoms with van der Waals surface area (Å²) in [5, 5.41) is 20.2. The van der Waals surface area contributed by atoms with Crippen LogP contribution in [-0.2, 0) is 4.79 Å². The predicted octanol–water partition coefficient (Wildman–Crippen LogP) is 2.89. The third-order valence-electron chi connectivity index (χ3n) is 5.01. The highest BCUT2D eigenvalue weighted by Gasteiger charge is 2.28. The molecule has 0 spiro atoms. The van der Waals surface area contributed by atoms with E-state index < -0.39 is 0 Å². The molecule has 1 aliphatic heterocycles. The fraction of sp³-hybridized carbons (Fsp3) is 0.368. The summed E-state index contributed by atoms with van der Waals surface area (Å²) in [7, 11) is 0. The summed E-state index contributed by atoms with van der Waals surface area (Å²) >= 11 is 0. The van der Waals surface area contributed by atoms with Gasteiger partial charge in [-0.15, -0.1) is 0 Å². The number of rotatable bonds is 3. The molecule has 27 heavy (non-hydrogen) atoms. The van der Waals surface area contributed by atoms with Crippen LogP contribution in [0.15, 0.2) is 22.7 Å². The van der Waals surface area contributed by atoms with Crippen molar-refractivity contribution in [3.63, 3.8) is 0 Å². The molecule has 0 radical (unpaired) electrons. The number of nitrogens with one attached hydrogen (secondary N) is 2. The summed E-state index contributed by atoms with van der Waals surface area (Å²) < 4.78 is 5.57. The van der Waals surface area contributed by atoms with Crippen molar-refractivity contribution in [1.82, 2.24) is 15.2 Å². The van der Waals surface area contributed by atoms with Crippen molar-refractivity contribution in [1.29, 1.82) is 5.26 Å². The molecule has 1 fully saturated rings. The highest BCUT2D eigenvalue weighted by atomic mass is 16.4. The zero-order valence-corrected chi connectivity index (χ0v) is 15.2. The van der Waals surface area contributed by atoms with Gasteiger partial charge < -0.3 is 14.6 Å². The summed E-state index contributed by atoms with van der Waals surface area (Å²) in [4.78, 5) is 18.8. The second-order valence-electron chi connectivity index (χ2n) is 6.87. The van der Waals surface area contributed by atoms with Gasteiger partial charge in [-0.1, -0.05) is 0 Å². The first kappa shape index (κ1) is 17.1. The summed E-state index contributed by atoms with van der Waals surface area (Å²) in [6, 6.07) is 5.93. The molecule has 1 saturated heterocycles. The average molecular weight is 364 g/mol. The summed E-state index contributed by atoms with van der Waals surface area (Å²) in [6.45, 7) is 5.03. The first-order valence-corrected chi connectivity index (χ1v) is 8.92. The molecular weight excluding hydrogens is 344 g/mol. The van der Waals surface area contributed by atoms with Gasteiger partial charge in [0.25, 0.3) is 0 Å². The number of oxazole rings is 1. The molecule has 3 heterocycles. The van der Waals surface area contributed by atoms with Crippen molar-refractivity contribution < 1.29 is 9.21 Å². The topological polar surface area (TPSA) is 111 Å². The third kappa shape index (κ3) is 3.24. The van der Waals surface area contributed by atoms with Crippen molar-refractivity contribution >= 4 is 28.4 Å². The number of carbonyl (C=O) groups excluding carboxylic acids is 1. The number of fused-ring (bicyclic) bond motifs is 1. The Bertz CT molecular complexity index is 1040. The highest BCUT2D eigenvalue weighted by molar-refractivity contribution is 5.95. The molecule has 1 aliphatic rings. The minimum absolute atomic E-state index is 0.0159. The van der Waals surface area contributed by atoms with Crippen molar-refractivity contribution in [2.75, 3.05) is 23.3 Å². The van der Waals surface area contributed by atoms with Gasteiger partial charge in [0.15, 0.2) is 5.89 Å². The van der Waals surface area contributed by atoms with Crippen LogP contribution in [0.3, 0.4) is 0 Å². The molecule has 8 heteroatoms. The number of hydrogen-bond donors (Lipinski definition) is 2. The Kier molecular flexibility index (Phi) is 4.28. The Balaban J connectivity index is 1.41. The molecule has 138 valence electrons. The predicted molar refractivity (Wildman–Crippen MR) is 100 cm³/mol. The first-order valence-electron chi connectivity index (χ1n) is 8.92. The lowest BCUT2D eigenvalue weighted by Gasteiger charge is -2.31. The summed E-state index contributed by atoms with van der Waals surface area (Å²) in [6.07, 6.45) is 3.18. The van der Waals surface area contributed by atoms with E-state index in [-0.39, 0.29) is 11.8 Å². The molecule has 1 amide bonds. The van der Waals surface area contributed by atoms with Gasteiger partial charge in [0.1, 0.15) is 6.07 Å². The SMILES string of the molecule is Cc1nc(C#N)c(N2CCC(C(=O)Nc3cc(C)c4cn[nH]c4c3)CC2)o1. The zero-order chi connectivity index (χ0) is 19.0. The monoisotopic (exact) mass is 364 g/mol. The Morgan fingerprint density at radius 1 is 1.37 bits per heavy atom. The van der Waals surface area contributed by atoms with Crippen LogP contribution in [0.4, 0.5) is 11.6 Å². The molecule has 1 aromatic carbocycles. The fourth-order valence-electron chi connectivity index (χ4n) is 3.59. The standard InChI is InChI=1S/C19H20N6O2/c1-11-7-14(8-16-15(11)10-21-24-16)23-18(26)13-3-5-25(6-4-13)19-17(9-20)22-12(2)27-19/h7-8,10,13H,3-6H2,1-2H3,(H,21,24)(H,23,26). The molecule has 2 aromatic heterocycles. The first-order chi connectivity index (χ1) is 13.0. The Labute approximate surface area is 156 Å². The lowest BCUT2D eigenvalue weighted by Crippen LogP contribution is -2.38. The summed E-state index contributed by atoms with van der Waals surface area (Å²) in [5.41, 5.74) is 3.05. The van der Waals surface area contributed by atoms with Crippen molar-refractivity contribution in [3.8, 4) is 6.07 Å². The minimum Gasteiger partial charge on any atom is -0.424 e. The van der Waals surface area contributed by atoms with Crippen LogP contribution in [0.2, 0.25) is 0 Å². The molecule has 4 rings (SSSR count). The van der Waals surface area contributed by atoms with Gasteiger partial charge in [0.2, 0.25) is 17.5 Å². The van der Waals surface area contributed by atoms with Crippen LogP contribution < -0.4 is 10.2 Å². The van der Waals surface area contributed by atoms with E-state index in [0.717, 1.165) is 22.2 Å². The maximum absolute atomic E-state index is 12.7. The molecule has 8 nitrogen and oxygen atoms in total. The molecule has 0 unspecified atom stereocenters. The Hall–Kier alpha value is -3.34. The number of anilines is 2. The molecule has 0 aliphatic carbocycles. The van der Waals surface area contributed by atoms with Crippen molar-refractivity contribution in [3.05, 3.63) is 35.5 Å². The second-order valence-corrected chi connectivity index (χ2v) is 6.87.